The quantitative estimate of drug-likeness (QED) is 0.884. The fourth-order valence-corrected chi connectivity index (χ4v) is 1.54. The fraction of sp³-hybridized carbons (Fsp3) is 0.200. The average molecular weight is 244 g/mol. The molecule has 0 unspecified atom stereocenters. The number of aromatic hydroxyl groups is 1. The standard InChI is InChI=1S/C15H16O3/c1-11(2)17-14-9-8-12(16)10-15(14)18-13-6-4-3-5-7-13/h3-11,16H,1-2H3. The summed E-state index contributed by atoms with van der Waals surface area (Å²) in [5, 5.41) is 9.51. The molecule has 94 valence electrons. The van der Waals surface area contributed by atoms with Gasteiger partial charge in [-0.05, 0) is 38.1 Å². The first kappa shape index (κ1) is 12.3. The van der Waals surface area contributed by atoms with E-state index in [1.807, 2.05) is 44.2 Å². The Bertz CT molecular complexity index is 506. The maximum atomic E-state index is 9.51. The molecule has 3 heteroatoms. The van der Waals surface area contributed by atoms with E-state index in [4.69, 9.17) is 9.47 Å². The molecule has 0 aliphatic rings. The number of para-hydroxylation sites is 1. The molecule has 0 aliphatic carbocycles. The van der Waals surface area contributed by atoms with Crippen molar-refractivity contribution in [1.29, 1.82) is 0 Å². The lowest BCUT2D eigenvalue weighted by atomic mass is 10.3. The minimum absolute atomic E-state index is 0.0488. The minimum atomic E-state index is 0.0488. The van der Waals surface area contributed by atoms with Crippen LogP contribution in [0.25, 0.3) is 0 Å². The van der Waals surface area contributed by atoms with Gasteiger partial charge in [0, 0.05) is 6.07 Å². The zero-order chi connectivity index (χ0) is 13.0. The van der Waals surface area contributed by atoms with Crippen LogP contribution in [-0.2, 0) is 0 Å². The van der Waals surface area contributed by atoms with Gasteiger partial charge in [-0.15, -0.1) is 0 Å². The van der Waals surface area contributed by atoms with E-state index in [1.54, 1.807) is 18.2 Å². The lowest BCUT2D eigenvalue weighted by Crippen LogP contribution is -2.06. The van der Waals surface area contributed by atoms with Gasteiger partial charge in [-0.1, -0.05) is 18.2 Å². The Hall–Kier alpha value is -2.16. The highest BCUT2D eigenvalue weighted by atomic mass is 16.5. The van der Waals surface area contributed by atoms with Crippen molar-refractivity contribution in [3.63, 3.8) is 0 Å². The third-order valence-corrected chi connectivity index (χ3v) is 2.26. The average Bonchev–Trinajstić information content (AvgIpc) is 2.33. The molecule has 0 spiro atoms. The number of hydrogen-bond donors (Lipinski definition) is 1. The summed E-state index contributed by atoms with van der Waals surface area (Å²) in [6, 6.07) is 14.2. The molecular formula is C15H16O3. The van der Waals surface area contributed by atoms with Crippen molar-refractivity contribution in [1.82, 2.24) is 0 Å². The van der Waals surface area contributed by atoms with E-state index in [1.165, 1.54) is 0 Å². The number of rotatable bonds is 4. The van der Waals surface area contributed by atoms with Gasteiger partial charge >= 0.3 is 0 Å². The normalized spacial score (nSPS) is 10.4. The highest BCUT2D eigenvalue weighted by molar-refractivity contribution is 5.47. The molecule has 0 aromatic heterocycles. The predicted molar refractivity (Wildman–Crippen MR) is 70.4 cm³/mol. The summed E-state index contributed by atoms with van der Waals surface area (Å²) in [5.74, 6) is 1.98. The van der Waals surface area contributed by atoms with Crippen LogP contribution in [0, 0.1) is 0 Å². The van der Waals surface area contributed by atoms with Gasteiger partial charge in [0.2, 0.25) is 0 Å². The van der Waals surface area contributed by atoms with Gasteiger partial charge in [-0.3, -0.25) is 0 Å². The zero-order valence-corrected chi connectivity index (χ0v) is 10.5. The van der Waals surface area contributed by atoms with Crippen molar-refractivity contribution < 1.29 is 14.6 Å². The largest absolute Gasteiger partial charge is 0.508 e. The molecule has 0 saturated carbocycles. The van der Waals surface area contributed by atoms with Crippen molar-refractivity contribution in [2.75, 3.05) is 0 Å². The molecule has 0 saturated heterocycles. The molecule has 18 heavy (non-hydrogen) atoms. The number of phenolic OH excluding ortho intramolecular Hbond substituents is 1. The highest BCUT2D eigenvalue weighted by Gasteiger charge is 2.09. The van der Waals surface area contributed by atoms with Crippen LogP contribution in [0.2, 0.25) is 0 Å². The van der Waals surface area contributed by atoms with E-state index in [2.05, 4.69) is 0 Å². The van der Waals surface area contributed by atoms with Crippen LogP contribution in [0.4, 0.5) is 0 Å². The third-order valence-electron chi connectivity index (χ3n) is 2.26. The molecule has 0 amide bonds. The van der Waals surface area contributed by atoms with Crippen LogP contribution >= 0.6 is 0 Å². The summed E-state index contributed by atoms with van der Waals surface area (Å²) in [7, 11) is 0. The molecule has 2 aromatic rings. The van der Waals surface area contributed by atoms with E-state index in [0.29, 0.717) is 17.2 Å². The van der Waals surface area contributed by atoms with Crippen LogP contribution < -0.4 is 9.47 Å². The second-order valence-corrected chi connectivity index (χ2v) is 4.21. The maximum absolute atomic E-state index is 9.51. The summed E-state index contributed by atoms with van der Waals surface area (Å²) in [4.78, 5) is 0. The molecule has 0 heterocycles. The number of phenols is 1. The SMILES string of the molecule is CC(C)Oc1ccc(O)cc1Oc1ccccc1. The summed E-state index contributed by atoms with van der Waals surface area (Å²) in [5.41, 5.74) is 0. The Morgan fingerprint density at radius 1 is 0.944 bits per heavy atom. The van der Waals surface area contributed by atoms with Gasteiger partial charge in [-0.25, -0.2) is 0 Å². The number of hydrogen-bond acceptors (Lipinski definition) is 3. The van der Waals surface area contributed by atoms with E-state index in [0.717, 1.165) is 0 Å². The minimum Gasteiger partial charge on any atom is -0.508 e. The molecule has 1 N–H and O–H groups in total. The van der Waals surface area contributed by atoms with Gasteiger partial charge < -0.3 is 14.6 Å². The van der Waals surface area contributed by atoms with E-state index >= 15 is 0 Å². The topological polar surface area (TPSA) is 38.7 Å². The molecule has 0 radical (unpaired) electrons. The van der Waals surface area contributed by atoms with Crippen LogP contribution in [-0.4, -0.2) is 11.2 Å². The first-order valence-corrected chi connectivity index (χ1v) is 5.88. The molecule has 2 aromatic carbocycles. The summed E-state index contributed by atoms with van der Waals surface area (Å²) >= 11 is 0. The molecule has 3 nitrogen and oxygen atoms in total. The van der Waals surface area contributed by atoms with Gasteiger partial charge in [0.25, 0.3) is 0 Å². The Morgan fingerprint density at radius 3 is 2.33 bits per heavy atom. The Labute approximate surface area is 107 Å². The summed E-state index contributed by atoms with van der Waals surface area (Å²) < 4.78 is 11.3. The lowest BCUT2D eigenvalue weighted by molar-refractivity contribution is 0.233. The van der Waals surface area contributed by atoms with E-state index in [9.17, 15) is 5.11 Å². The summed E-state index contributed by atoms with van der Waals surface area (Å²) in [6.07, 6.45) is 0.0488. The molecular weight excluding hydrogens is 228 g/mol. The van der Waals surface area contributed by atoms with Gasteiger partial charge in [0.05, 0.1) is 6.10 Å². The van der Waals surface area contributed by atoms with Crippen LogP contribution in [0.15, 0.2) is 48.5 Å². The van der Waals surface area contributed by atoms with E-state index < -0.39 is 0 Å². The Morgan fingerprint density at radius 2 is 1.67 bits per heavy atom. The van der Waals surface area contributed by atoms with Crippen molar-refractivity contribution in [2.24, 2.45) is 0 Å². The van der Waals surface area contributed by atoms with Crippen LogP contribution in [0.3, 0.4) is 0 Å². The summed E-state index contributed by atoms with van der Waals surface area (Å²) in [6.45, 7) is 3.89. The maximum Gasteiger partial charge on any atom is 0.172 e. The Kier molecular flexibility index (Phi) is 3.72. The van der Waals surface area contributed by atoms with Crippen LogP contribution in [0.1, 0.15) is 13.8 Å². The lowest BCUT2D eigenvalue weighted by Gasteiger charge is -2.15. The van der Waals surface area contributed by atoms with Crippen molar-refractivity contribution in [3.8, 4) is 23.0 Å². The molecule has 0 fully saturated rings. The fourth-order valence-electron chi connectivity index (χ4n) is 1.54. The predicted octanol–water partition coefficient (Wildman–Crippen LogP) is 3.97. The highest BCUT2D eigenvalue weighted by Crippen LogP contribution is 2.35. The molecule has 2 rings (SSSR count). The molecule has 0 aliphatic heterocycles. The van der Waals surface area contributed by atoms with Crippen molar-refractivity contribution >= 4 is 0 Å². The first-order valence-electron chi connectivity index (χ1n) is 5.88. The Balaban J connectivity index is 2.27. The zero-order valence-electron chi connectivity index (χ0n) is 10.5. The smallest absolute Gasteiger partial charge is 0.172 e. The number of ether oxygens (including phenoxy) is 2. The van der Waals surface area contributed by atoms with Crippen molar-refractivity contribution in [3.05, 3.63) is 48.5 Å². The van der Waals surface area contributed by atoms with Crippen LogP contribution in [0.5, 0.6) is 23.0 Å². The van der Waals surface area contributed by atoms with Crippen molar-refractivity contribution in [2.45, 2.75) is 20.0 Å². The molecule has 0 bridgehead atoms. The van der Waals surface area contributed by atoms with Gasteiger partial charge in [0.15, 0.2) is 11.5 Å². The second-order valence-electron chi connectivity index (χ2n) is 4.21. The second kappa shape index (κ2) is 5.45. The first-order chi connectivity index (χ1) is 8.65. The third kappa shape index (κ3) is 3.17. The van der Waals surface area contributed by atoms with Gasteiger partial charge in [0.1, 0.15) is 11.5 Å². The van der Waals surface area contributed by atoms with E-state index in [-0.39, 0.29) is 11.9 Å². The monoisotopic (exact) mass is 244 g/mol. The van der Waals surface area contributed by atoms with Gasteiger partial charge in [-0.2, -0.15) is 0 Å². The molecule has 0 atom stereocenters. The number of benzene rings is 2.